The van der Waals surface area contributed by atoms with Crippen molar-refractivity contribution in [3.8, 4) is 0 Å². The normalized spacial score (nSPS) is 31.6. The Bertz CT molecular complexity index is 378. The summed E-state index contributed by atoms with van der Waals surface area (Å²) in [5.41, 5.74) is 0.629. The molecule has 1 N–H and O–H groups in total. The van der Waals surface area contributed by atoms with Crippen molar-refractivity contribution in [2.24, 2.45) is 5.41 Å². The molecule has 0 aromatic rings. The fraction of sp³-hybridized carbons (Fsp3) is 0.867. The Morgan fingerprint density at radius 1 is 1.11 bits per heavy atom. The van der Waals surface area contributed by atoms with Gasteiger partial charge in [-0.15, -0.1) is 0 Å². The maximum absolute atomic E-state index is 11.9. The lowest BCUT2D eigenvalue weighted by molar-refractivity contribution is -0.137. The summed E-state index contributed by atoms with van der Waals surface area (Å²) in [6.45, 7) is 0. The number of carbonyl (C=O) groups excluding carboxylic acids is 2. The van der Waals surface area contributed by atoms with Gasteiger partial charge < -0.3 is 5.32 Å². The van der Waals surface area contributed by atoms with Gasteiger partial charge in [-0.1, -0.05) is 12.8 Å². The molecular weight excluding hydrogens is 240 g/mol. The molecule has 3 fully saturated rings. The van der Waals surface area contributed by atoms with Crippen LogP contribution in [0.25, 0.3) is 0 Å². The molecule has 1 heterocycles. The summed E-state index contributed by atoms with van der Waals surface area (Å²) in [6.07, 6.45) is 10.9. The second-order valence-electron chi connectivity index (χ2n) is 6.70. The molecule has 1 atom stereocenters. The third-order valence-corrected chi connectivity index (χ3v) is 5.53. The molecule has 106 valence electrons. The minimum Gasteiger partial charge on any atom is -0.303 e. The molecule has 2 aliphatic carbocycles. The smallest absolute Gasteiger partial charge is 0.246 e. The number of amides is 2. The highest BCUT2D eigenvalue weighted by Crippen LogP contribution is 2.48. The minimum atomic E-state index is -0.264. The average molecular weight is 264 g/mol. The first-order chi connectivity index (χ1) is 9.10. The number of nitrogens with zero attached hydrogens (tertiary/aromatic N) is 1. The molecule has 0 bridgehead atoms. The van der Waals surface area contributed by atoms with E-state index in [1.54, 1.807) is 7.05 Å². The van der Waals surface area contributed by atoms with Crippen molar-refractivity contribution in [1.82, 2.24) is 10.2 Å². The van der Waals surface area contributed by atoms with Crippen molar-refractivity contribution in [3.05, 3.63) is 0 Å². The van der Waals surface area contributed by atoms with Gasteiger partial charge in [-0.05, 0) is 43.9 Å². The van der Waals surface area contributed by atoms with Gasteiger partial charge in [0.25, 0.3) is 0 Å². The number of hydrogen-bond donors (Lipinski definition) is 1. The molecule has 19 heavy (non-hydrogen) atoms. The maximum atomic E-state index is 11.9. The second kappa shape index (κ2) is 4.89. The van der Waals surface area contributed by atoms with Crippen molar-refractivity contribution in [2.45, 2.75) is 69.9 Å². The molecule has 2 saturated carbocycles. The molecule has 0 radical (unpaired) electrons. The van der Waals surface area contributed by atoms with Gasteiger partial charge in [0.1, 0.15) is 0 Å². The Hall–Kier alpha value is -0.900. The predicted octanol–water partition coefficient (Wildman–Crippen LogP) is 1.84. The van der Waals surface area contributed by atoms with Crippen LogP contribution in [0.1, 0.15) is 57.8 Å². The Morgan fingerprint density at radius 2 is 1.74 bits per heavy atom. The van der Waals surface area contributed by atoms with E-state index < -0.39 is 0 Å². The molecule has 3 rings (SSSR count). The van der Waals surface area contributed by atoms with Gasteiger partial charge in [-0.25, -0.2) is 0 Å². The number of likely N-dealkylation sites (N-methyl/N-ethyl adjacent to an activating group) is 1. The summed E-state index contributed by atoms with van der Waals surface area (Å²) in [7, 11) is 1.58. The fourth-order valence-electron chi connectivity index (χ4n) is 4.19. The zero-order chi connectivity index (χ0) is 13.5. The predicted molar refractivity (Wildman–Crippen MR) is 72.5 cm³/mol. The van der Waals surface area contributed by atoms with E-state index in [4.69, 9.17) is 0 Å². The van der Waals surface area contributed by atoms with E-state index in [9.17, 15) is 9.59 Å². The molecule has 3 aliphatic rings. The van der Waals surface area contributed by atoms with Crippen LogP contribution < -0.4 is 5.32 Å². The van der Waals surface area contributed by atoms with E-state index in [1.165, 1.54) is 56.3 Å². The summed E-state index contributed by atoms with van der Waals surface area (Å²) in [5.74, 6) is -0.100. The SMILES string of the molecule is CN1C(=O)CC(NC2CCC3(CCCC3)CC2)C1=O. The van der Waals surface area contributed by atoms with Gasteiger partial charge in [0.05, 0.1) is 12.5 Å². The molecule has 1 aliphatic heterocycles. The van der Waals surface area contributed by atoms with Gasteiger partial charge in [0.2, 0.25) is 11.8 Å². The van der Waals surface area contributed by atoms with Crippen molar-refractivity contribution < 1.29 is 9.59 Å². The zero-order valence-corrected chi connectivity index (χ0v) is 11.8. The van der Waals surface area contributed by atoms with Crippen LogP contribution in [0.4, 0.5) is 0 Å². The number of likely N-dealkylation sites (tertiary alicyclic amines) is 1. The van der Waals surface area contributed by atoms with Crippen LogP contribution in [0.2, 0.25) is 0 Å². The second-order valence-corrected chi connectivity index (χ2v) is 6.70. The Kier molecular flexibility index (Phi) is 3.37. The van der Waals surface area contributed by atoms with E-state index in [0.717, 1.165) is 0 Å². The van der Waals surface area contributed by atoms with Crippen molar-refractivity contribution in [3.63, 3.8) is 0 Å². The summed E-state index contributed by atoms with van der Waals surface area (Å²) < 4.78 is 0. The van der Waals surface area contributed by atoms with E-state index in [2.05, 4.69) is 5.32 Å². The fourth-order valence-corrected chi connectivity index (χ4v) is 4.19. The van der Waals surface area contributed by atoms with Crippen LogP contribution in [0, 0.1) is 5.41 Å². The quantitative estimate of drug-likeness (QED) is 0.774. The number of rotatable bonds is 2. The van der Waals surface area contributed by atoms with Crippen LogP contribution in [0.5, 0.6) is 0 Å². The van der Waals surface area contributed by atoms with Crippen LogP contribution in [-0.2, 0) is 9.59 Å². The van der Waals surface area contributed by atoms with Gasteiger partial charge >= 0.3 is 0 Å². The average Bonchev–Trinajstić information content (AvgIpc) is 2.95. The first-order valence-electron chi connectivity index (χ1n) is 7.66. The molecule has 1 spiro atoms. The monoisotopic (exact) mass is 264 g/mol. The minimum absolute atomic E-state index is 0.0499. The first-order valence-corrected chi connectivity index (χ1v) is 7.66. The third-order valence-electron chi connectivity index (χ3n) is 5.53. The number of imide groups is 1. The molecule has 2 amide bonds. The third kappa shape index (κ3) is 2.42. The zero-order valence-electron chi connectivity index (χ0n) is 11.8. The van der Waals surface area contributed by atoms with Crippen molar-refractivity contribution >= 4 is 11.8 Å². The molecule has 0 aromatic heterocycles. The van der Waals surface area contributed by atoms with Gasteiger partial charge in [0.15, 0.2) is 0 Å². The number of nitrogens with one attached hydrogen (secondary N) is 1. The highest BCUT2D eigenvalue weighted by Gasteiger charge is 2.41. The van der Waals surface area contributed by atoms with Gasteiger partial charge in [-0.3, -0.25) is 14.5 Å². The lowest BCUT2D eigenvalue weighted by Crippen LogP contribution is -2.45. The standard InChI is InChI=1S/C15H24N2O2/c1-17-13(18)10-12(14(17)19)16-11-4-8-15(9-5-11)6-2-3-7-15/h11-12,16H,2-10H2,1H3. The first kappa shape index (κ1) is 13.1. The van der Waals surface area contributed by atoms with E-state index in [1.807, 2.05) is 0 Å². The summed E-state index contributed by atoms with van der Waals surface area (Å²) in [4.78, 5) is 24.7. The summed E-state index contributed by atoms with van der Waals surface area (Å²) in [5, 5.41) is 3.42. The molecule has 1 saturated heterocycles. The van der Waals surface area contributed by atoms with Gasteiger partial charge in [0, 0.05) is 13.1 Å². The van der Waals surface area contributed by atoms with Gasteiger partial charge in [-0.2, -0.15) is 0 Å². The number of carbonyl (C=O) groups is 2. The van der Waals surface area contributed by atoms with E-state index >= 15 is 0 Å². The lowest BCUT2D eigenvalue weighted by Gasteiger charge is -2.38. The van der Waals surface area contributed by atoms with E-state index in [0.29, 0.717) is 17.9 Å². The van der Waals surface area contributed by atoms with Crippen LogP contribution in [-0.4, -0.2) is 35.8 Å². The molecular formula is C15H24N2O2. The topological polar surface area (TPSA) is 49.4 Å². The molecule has 4 nitrogen and oxygen atoms in total. The Balaban J connectivity index is 1.53. The van der Waals surface area contributed by atoms with Crippen molar-refractivity contribution in [2.75, 3.05) is 7.05 Å². The largest absolute Gasteiger partial charge is 0.303 e. The Labute approximate surface area is 114 Å². The van der Waals surface area contributed by atoms with Crippen LogP contribution >= 0.6 is 0 Å². The summed E-state index contributed by atoms with van der Waals surface area (Å²) >= 11 is 0. The molecule has 0 aromatic carbocycles. The Morgan fingerprint density at radius 3 is 2.26 bits per heavy atom. The van der Waals surface area contributed by atoms with Crippen LogP contribution in [0.15, 0.2) is 0 Å². The molecule has 1 unspecified atom stereocenters. The maximum Gasteiger partial charge on any atom is 0.246 e. The van der Waals surface area contributed by atoms with Crippen molar-refractivity contribution in [1.29, 1.82) is 0 Å². The highest BCUT2D eigenvalue weighted by atomic mass is 16.2. The highest BCUT2D eigenvalue weighted by molar-refractivity contribution is 6.05. The molecule has 4 heteroatoms. The van der Waals surface area contributed by atoms with Crippen LogP contribution in [0.3, 0.4) is 0 Å². The number of hydrogen-bond acceptors (Lipinski definition) is 3. The lowest BCUT2D eigenvalue weighted by atomic mass is 9.71. The van der Waals surface area contributed by atoms with E-state index in [-0.39, 0.29) is 17.9 Å². The summed E-state index contributed by atoms with van der Waals surface area (Å²) in [6, 6.07) is 0.166.